The first-order valence-corrected chi connectivity index (χ1v) is 7.38. The van der Waals surface area contributed by atoms with Crippen molar-refractivity contribution >= 4 is 44.8 Å². The molecule has 2 N–H and O–H groups in total. The Bertz CT molecular complexity index is 637. The summed E-state index contributed by atoms with van der Waals surface area (Å²) in [4.78, 5) is 11.5. The van der Waals surface area contributed by atoms with E-state index in [0.717, 1.165) is 4.47 Å². The summed E-state index contributed by atoms with van der Waals surface area (Å²) in [7, 11) is 0. The maximum Gasteiger partial charge on any atom is 0.336 e. The van der Waals surface area contributed by atoms with Gasteiger partial charge in [0.25, 0.3) is 0 Å². The van der Waals surface area contributed by atoms with Crippen molar-refractivity contribution in [3.05, 3.63) is 55.1 Å². The normalized spacial score (nSPS) is 14.1. The van der Waals surface area contributed by atoms with Gasteiger partial charge >= 0.3 is 5.97 Å². The molecule has 0 bridgehead atoms. The summed E-state index contributed by atoms with van der Waals surface area (Å²) in [5, 5.41) is 21.8. The number of carbonyl (C=O) groups is 1. The van der Waals surface area contributed by atoms with Gasteiger partial charge in [0.1, 0.15) is 5.60 Å². The monoisotopic (exact) mass is 360 g/mol. The zero-order valence-corrected chi connectivity index (χ0v) is 13.0. The topological polar surface area (TPSA) is 57.5 Å². The summed E-state index contributed by atoms with van der Waals surface area (Å²) in [5.41, 5.74) is -0.879. The van der Waals surface area contributed by atoms with Crippen LogP contribution < -0.4 is 0 Å². The van der Waals surface area contributed by atoms with Crippen molar-refractivity contribution in [3.8, 4) is 0 Å². The van der Waals surface area contributed by atoms with Crippen LogP contribution in [0, 0.1) is 0 Å². The van der Waals surface area contributed by atoms with Crippen LogP contribution in [0.1, 0.15) is 27.7 Å². The number of aromatic carboxylic acids is 1. The maximum atomic E-state index is 11.2. The zero-order valence-electron chi connectivity index (χ0n) is 9.85. The minimum atomic E-state index is -1.44. The average Bonchev–Trinajstić information content (AvgIpc) is 2.77. The number of benzene rings is 1. The Labute approximate surface area is 127 Å². The molecule has 2 aromatic rings. The molecule has 3 nitrogen and oxygen atoms in total. The molecule has 0 aliphatic heterocycles. The molecular weight excluding hydrogens is 352 g/mol. The highest BCUT2D eigenvalue weighted by Gasteiger charge is 2.33. The maximum absolute atomic E-state index is 11.2. The number of hydrogen-bond donors (Lipinski definition) is 2. The predicted octanol–water partition coefficient (Wildman–Crippen LogP) is 4.12. The first-order valence-electron chi connectivity index (χ1n) is 5.33. The molecule has 1 atom stereocenters. The van der Waals surface area contributed by atoms with Crippen LogP contribution in [0.3, 0.4) is 0 Å². The smallest absolute Gasteiger partial charge is 0.336 e. The van der Waals surface area contributed by atoms with Gasteiger partial charge in [0, 0.05) is 15.1 Å². The van der Waals surface area contributed by atoms with Crippen LogP contribution in [0.5, 0.6) is 0 Å². The Kier molecular flexibility index (Phi) is 4.01. The van der Waals surface area contributed by atoms with E-state index in [0.29, 0.717) is 15.5 Å². The summed E-state index contributed by atoms with van der Waals surface area (Å²) >= 11 is 10.6. The standard InChI is InChI=1S/C13H10BrClO3S/c1-13(18,9-3-2-7(14)6-10(9)15)11-8(12(16)17)4-5-19-11/h2-6,18H,1H3,(H,16,17). The Morgan fingerprint density at radius 1 is 1.42 bits per heavy atom. The molecular formula is C13H10BrClO3S. The van der Waals surface area contributed by atoms with Gasteiger partial charge in [-0.1, -0.05) is 33.6 Å². The van der Waals surface area contributed by atoms with Crippen LogP contribution in [0.25, 0.3) is 0 Å². The van der Waals surface area contributed by atoms with Crippen LogP contribution in [0.4, 0.5) is 0 Å². The van der Waals surface area contributed by atoms with E-state index in [1.807, 2.05) is 0 Å². The summed E-state index contributed by atoms with van der Waals surface area (Å²) in [5.74, 6) is -1.07. The number of aliphatic hydroxyl groups is 1. The van der Waals surface area contributed by atoms with Crippen molar-refractivity contribution in [1.82, 2.24) is 0 Å². The van der Waals surface area contributed by atoms with Crippen LogP contribution in [0.2, 0.25) is 5.02 Å². The largest absolute Gasteiger partial charge is 0.478 e. The van der Waals surface area contributed by atoms with Crippen molar-refractivity contribution < 1.29 is 15.0 Å². The molecule has 0 aliphatic carbocycles. The molecule has 0 radical (unpaired) electrons. The molecule has 1 unspecified atom stereocenters. The van der Waals surface area contributed by atoms with Crippen LogP contribution in [-0.2, 0) is 5.60 Å². The number of thiophene rings is 1. The molecule has 100 valence electrons. The first kappa shape index (κ1) is 14.5. The molecule has 1 aromatic heterocycles. The van der Waals surface area contributed by atoms with E-state index in [1.54, 1.807) is 30.5 Å². The van der Waals surface area contributed by atoms with E-state index in [4.69, 9.17) is 16.7 Å². The van der Waals surface area contributed by atoms with Gasteiger partial charge in [-0.05, 0) is 30.5 Å². The Morgan fingerprint density at radius 3 is 2.68 bits per heavy atom. The molecule has 0 saturated heterocycles. The fraction of sp³-hybridized carbons (Fsp3) is 0.154. The molecule has 1 heterocycles. The minimum absolute atomic E-state index is 0.0917. The van der Waals surface area contributed by atoms with E-state index >= 15 is 0 Å². The van der Waals surface area contributed by atoms with E-state index in [9.17, 15) is 9.90 Å². The van der Waals surface area contributed by atoms with Gasteiger partial charge in [-0.25, -0.2) is 4.79 Å². The van der Waals surface area contributed by atoms with Gasteiger partial charge in [-0.3, -0.25) is 0 Å². The van der Waals surface area contributed by atoms with Crippen LogP contribution in [-0.4, -0.2) is 16.2 Å². The lowest BCUT2D eigenvalue weighted by atomic mass is 9.92. The van der Waals surface area contributed by atoms with Crippen molar-refractivity contribution in [1.29, 1.82) is 0 Å². The molecule has 6 heteroatoms. The van der Waals surface area contributed by atoms with Crippen molar-refractivity contribution in [2.24, 2.45) is 0 Å². The second-order valence-corrected chi connectivity index (χ2v) is 6.40. The lowest BCUT2D eigenvalue weighted by Crippen LogP contribution is -2.24. The molecule has 0 fully saturated rings. The van der Waals surface area contributed by atoms with Crippen LogP contribution in [0.15, 0.2) is 34.1 Å². The van der Waals surface area contributed by atoms with Gasteiger partial charge in [-0.2, -0.15) is 0 Å². The highest BCUT2D eigenvalue weighted by atomic mass is 79.9. The SMILES string of the molecule is CC(O)(c1ccc(Br)cc1Cl)c1sccc1C(=O)O. The molecule has 0 aliphatic rings. The van der Waals surface area contributed by atoms with Crippen molar-refractivity contribution in [3.63, 3.8) is 0 Å². The van der Waals surface area contributed by atoms with E-state index in [1.165, 1.54) is 17.4 Å². The quantitative estimate of drug-likeness (QED) is 0.864. The van der Waals surface area contributed by atoms with Gasteiger partial charge in [0.05, 0.1) is 10.4 Å². The van der Waals surface area contributed by atoms with Crippen molar-refractivity contribution in [2.75, 3.05) is 0 Å². The molecule has 19 heavy (non-hydrogen) atoms. The molecule has 2 rings (SSSR count). The molecule has 0 saturated carbocycles. The van der Waals surface area contributed by atoms with Crippen LogP contribution >= 0.6 is 38.9 Å². The molecule has 1 aromatic carbocycles. The predicted molar refractivity (Wildman–Crippen MR) is 79.1 cm³/mol. The molecule has 0 spiro atoms. The first-order chi connectivity index (χ1) is 8.84. The third-order valence-electron chi connectivity index (χ3n) is 2.79. The van der Waals surface area contributed by atoms with Crippen molar-refractivity contribution in [2.45, 2.75) is 12.5 Å². The second kappa shape index (κ2) is 5.25. The zero-order chi connectivity index (χ0) is 14.2. The van der Waals surface area contributed by atoms with Gasteiger partial charge < -0.3 is 10.2 Å². The Hall–Kier alpha value is -0.880. The number of carboxylic acid groups (broad SMARTS) is 1. The Balaban J connectivity index is 2.58. The lowest BCUT2D eigenvalue weighted by Gasteiger charge is -2.24. The fourth-order valence-electron chi connectivity index (χ4n) is 1.86. The lowest BCUT2D eigenvalue weighted by molar-refractivity contribution is 0.0674. The fourth-order valence-corrected chi connectivity index (χ4v) is 3.68. The van der Waals surface area contributed by atoms with E-state index < -0.39 is 11.6 Å². The third kappa shape index (κ3) is 2.69. The van der Waals surface area contributed by atoms with Gasteiger partial charge in [-0.15, -0.1) is 11.3 Å². The highest BCUT2D eigenvalue weighted by Crippen LogP contribution is 2.39. The number of carboxylic acids is 1. The van der Waals surface area contributed by atoms with Gasteiger partial charge in [0.2, 0.25) is 0 Å². The second-order valence-electron chi connectivity index (χ2n) is 4.16. The van der Waals surface area contributed by atoms with Gasteiger partial charge in [0.15, 0.2) is 0 Å². The minimum Gasteiger partial charge on any atom is -0.478 e. The van der Waals surface area contributed by atoms with E-state index in [2.05, 4.69) is 15.9 Å². The number of halogens is 2. The Morgan fingerprint density at radius 2 is 2.11 bits per heavy atom. The highest BCUT2D eigenvalue weighted by molar-refractivity contribution is 9.10. The molecule has 0 amide bonds. The summed E-state index contributed by atoms with van der Waals surface area (Å²) in [6.07, 6.45) is 0. The summed E-state index contributed by atoms with van der Waals surface area (Å²) in [6.45, 7) is 1.54. The van der Waals surface area contributed by atoms with E-state index in [-0.39, 0.29) is 5.56 Å². The number of hydrogen-bond acceptors (Lipinski definition) is 3. The summed E-state index contributed by atoms with van der Waals surface area (Å²) in [6, 6.07) is 6.57. The third-order valence-corrected chi connectivity index (χ3v) is 4.72. The number of rotatable bonds is 3. The summed E-state index contributed by atoms with van der Waals surface area (Å²) < 4.78 is 0.793. The average molecular weight is 362 g/mol.